The molecule has 3 heteroatoms. The van der Waals surface area contributed by atoms with Gasteiger partial charge >= 0.3 is 0 Å². The van der Waals surface area contributed by atoms with Gasteiger partial charge in [0, 0.05) is 28.4 Å². The first-order valence-corrected chi connectivity index (χ1v) is 10.7. The summed E-state index contributed by atoms with van der Waals surface area (Å²) in [6, 6.07) is 21.0. The molecule has 3 nitrogen and oxygen atoms in total. The first-order valence-electron chi connectivity index (χ1n) is 10.7. The lowest BCUT2D eigenvalue weighted by Gasteiger charge is -2.51. The molecule has 2 atom stereocenters. The normalized spacial score (nSPS) is 25.3. The Balaban J connectivity index is 1.75. The third-order valence-corrected chi connectivity index (χ3v) is 7.49. The molecule has 29 heavy (non-hydrogen) atoms. The van der Waals surface area contributed by atoms with Gasteiger partial charge in [-0.2, -0.15) is 5.10 Å². The van der Waals surface area contributed by atoms with E-state index in [4.69, 9.17) is 5.10 Å². The van der Waals surface area contributed by atoms with Gasteiger partial charge in [-0.1, -0.05) is 69.3 Å². The predicted molar refractivity (Wildman–Crippen MR) is 116 cm³/mol. The number of rotatable bonds is 2. The van der Waals surface area contributed by atoms with Crippen LogP contribution < -0.4 is 0 Å². The van der Waals surface area contributed by atoms with Crippen LogP contribution in [0.3, 0.4) is 0 Å². The Morgan fingerprint density at radius 1 is 0.931 bits per heavy atom. The molecule has 1 heterocycles. The summed E-state index contributed by atoms with van der Waals surface area (Å²) >= 11 is 0. The van der Waals surface area contributed by atoms with Crippen molar-refractivity contribution < 1.29 is 4.79 Å². The minimum Gasteiger partial charge on any atom is -0.299 e. The Kier molecular flexibility index (Phi) is 4.06. The lowest BCUT2D eigenvalue weighted by Crippen LogP contribution is -2.52. The van der Waals surface area contributed by atoms with Gasteiger partial charge in [0.25, 0.3) is 0 Å². The Morgan fingerprint density at radius 3 is 2.28 bits per heavy atom. The van der Waals surface area contributed by atoms with Gasteiger partial charge in [-0.25, -0.2) is 4.68 Å². The maximum absolute atomic E-state index is 12.7. The number of aromatic nitrogens is 2. The molecule has 2 aromatic carbocycles. The SMILES string of the molecule is CC1(C)C(=O)CC[C@]2(C)c3nn(-c4ccccc4)c(-c4ccccc4)c3CC[C@@H]12. The van der Waals surface area contributed by atoms with E-state index in [1.165, 1.54) is 22.5 Å². The highest BCUT2D eigenvalue weighted by atomic mass is 16.1. The molecule has 5 rings (SSSR count). The fourth-order valence-corrected chi connectivity index (χ4v) is 5.91. The van der Waals surface area contributed by atoms with Crippen molar-refractivity contribution in [1.82, 2.24) is 9.78 Å². The molecule has 0 bridgehead atoms. The van der Waals surface area contributed by atoms with Crippen molar-refractivity contribution in [3.63, 3.8) is 0 Å². The maximum Gasteiger partial charge on any atom is 0.138 e. The molecule has 148 valence electrons. The van der Waals surface area contributed by atoms with E-state index >= 15 is 0 Å². The highest BCUT2D eigenvalue weighted by molar-refractivity contribution is 5.86. The molecule has 0 amide bonds. The van der Waals surface area contributed by atoms with E-state index in [0.717, 1.165) is 24.9 Å². The summed E-state index contributed by atoms with van der Waals surface area (Å²) in [6.45, 7) is 6.64. The smallest absolute Gasteiger partial charge is 0.138 e. The van der Waals surface area contributed by atoms with Crippen molar-refractivity contribution in [2.75, 3.05) is 0 Å². The number of benzene rings is 2. The van der Waals surface area contributed by atoms with Crippen molar-refractivity contribution in [3.05, 3.63) is 71.9 Å². The van der Waals surface area contributed by atoms with Crippen molar-refractivity contribution >= 4 is 5.78 Å². The number of hydrogen-bond donors (Lipinski definition) is 0. The summed E-state index contributed by atoms with van der Waals surface area (Å²) in [5.41, 5.74) is 5.73. The van der Waals surface area contributed by atoms with E-state index in [2.05, 4.69) is 80.1 Å². The standard InChI is InChI=1S/C26H28N2O/c1-25(2)21-15-14-20-23(18-10-6-4-7-11-18)28(19-12-8-5-9-13-19)27-24(20)26(21,3)17-16-22(25)29/h4-13,21H,14-17H2,1-3H3/t21-,26-/m0/s1. The Bertz CT molecular complexity index is 1060. The molecular weight excluding hydrogens is 356 g/mol. The van der Waals surface area contributed by atoms with Crippen LogP contribution in [0.25, 0.3) is 16.9 Å². The molecule has 2 aliphatic carbocycles. The number of fused-ring (bicyclic) bond motifs is 3. The van der Waals surface area contributed by atoms with Crippen LogP contribution in [-0.4, -0.2) is 15.6 Å². The highest BCUT2D eigenvalue weighted by Gasteiger charge is 2.55. The van der Waals surface area contributed by atoms with Crippen LogP contribution >= 0.6 is 0 Å². The van der Waals surface area contributed by atoms with Crippen molar-refractivity contribution in [2.45, 2.75) is 51.9 Å². The van der Waals surface area contributed by atoms with Crippen molar-refractivity contribution in [1.29, 1.82) is 0 Å². The summed E-state index contributed by atoms with van der Waals surface area (Å²) in [5, 5.41) is 5.25. The monoisotopic (exact) mass is 384 g/mol. The number of ketones is 1. The van der Waals surface area contributed by atoms with Gasteiger partial charge in [-0.05, 0) is 37.3 Å². The van der Waals surface area contributed by atoms with Crippen LogP contribution in [0.2, 0.25) is 0 Å². The average molecular weight is 385 g/mol. The first-order chi connectivity index (χ1) is 13.9. The Morgan fingerprint density at radius 2 is 1.59 bits per heavy atom. The summed E-state index contributed by atoms with van der Waals surface area (Å²) < 4.78 is 2.14. The molecule has 0 spiro atoms. The fraction of sp³-hybridized carbons (Fsp3) is 0.385. The van der Waals surface area contributed by atoms with Crippen LogP contribution in [0, 0.1) is 11.3 Å². The van der Waals surface area contributed by atoms with Crippen LogP contribution in [0.4, 0.5) is 0 Å². The van der Waals surface area contributed by atoms with Gasteiger partial charge in [-0.15, -0.1) is 0 Å². The molecule has 0 radical (unpaired) electrons. The van der Waals surface area contributed by atoms with E-state index in [-0.39, 0.29) is 10.8 Å². The number of nitrogens with zero attached hydrogens (tertiary/aromatic N) is 2. The number of carbonyl (C=O) groups is 1. The third-order valence-electron chi connectivity index (χ3n) is 7.49. The molecule has 2 aliphatic rings. The second-order valence-electron chi connectivity index (χ2n) is 9.44. The van der Waals surface area contributed by atoms with Crippen molar-refractivity contribution in [2.24, 2.45) is 11.3 Å². The molecule has 1 fully saturated rings. The molecule has 1 saturated carbocycles. The van der Waals surface area contributed by atoms with Gasteiger partial charge in [0.15, 0.2) is 0 Å². The summed E-state index contributed by atoms with van der Waals surface area (Å²) in [6.07, 6.45) is 3.57. The van der Waals surface area contributed by atoms with Gasteiger partial charge in [0.05, 0.1) is 17.1 Å². The van der Waals surface area contributed by atoms with Crippen LogP contribution in [0.1, 0.15) is 51.3 Å². The van der Waals surface area contributed by atoms with Crippen molar-refractivity contribution in [3.8, 4) is 16.9 Å². The molecule has 0 N–H and O–H groups in total. The van der Waals surface area contributed by atoms with E-state index in [1.54, 1.807) is 0 Å². The van der Waals surface area contributed by atoms with Gasteiger partial charge < -0.3 is 0 Å². The number of para-hydroxylation sites is 1. The van der Waals surface area contributed by atoms with E-state index < -0.39 is 0 Å². The maximum atomic E-state index is 12.7. The molecule has 0 unspecified atom stereocenters. The first kappa shape index (κ1) is 18.4. The lowest BCUT2D eigenvalue weighted by atomic mass is 9.51. The quantitative estimate of drug-likeness (QED) is 0.564. The third kappa shape index (κ3) is 2.63. The largest absolute Gasteiger partial charge is 0.299 e. The zero-order chi connectivity index (χ0) is 20.2. The van der Waals surface area contributed by atoms with Gasteiger partial charge in [0.2, 0.25) is 0 Å². The molecule has 0 aliphatic heterocycles. The fourth-order valence-electron chi connectivity index (χ4n) is 5.91. The minimum absolute atomic E-state index is 0.0610. The number of hydrogen-bond acceptors (Lipinski definition) is 2. The zero-order valence-corrected chi connectivity index (χ0v) is 17.5. The summed E-state index contributed by atoms with van der Waals surface area (Å²) in [4.78, 5) is 12.7. The van der Waals surface area contributed by atoms with E-state index in [1.807, 2.05) is 6.07 Å². The Hall–Kier alpha value is -2.68. The topological polar surface area (TPSA) is 34.9 Å². The second-order valence-corrected chi connectivity index (χ2v) is 9.44. The van der Waals surface area contributed by atoms with Crippen LogP contribution in [0.5, 0.6) is 0 Å². The molecule has 1 aromatic heterocycles. The molecule has 3 aromatic rings. The number of Topliss-reactive ketones (excluding diaryl/α,β-unsaturated/α-hetero) is 1. The van der Waals surface area contributed by atoms with Gasteiger partial charge in [0.1, 0.15) is 5.78 Å². The zero-order valence-electron chi connectivity index (χ0n) is 17.5. The van der Waals surface area contributed by atoms with E-state index in [9.17, 15) is 4.79 Å². The van der Waals surface area contributed by atoms with E-state index in [0.29, 0.717) is 18.1 Å². The molecule has 0 saturated heterocycles. The lowest BCUT2D eigenvalue weighted by molar-refractivity contribution is -0.137. The van der Waals surface area contributed by atoms with Gasteiger partial charge in [-0.3, -0.25) is 4.79 Å². The summed E-state index contributed by atoms with van der Waals surface area (Å²) in [7, 11) is 0. The average Bonchev–Trinajstić information content (AvgIpc) is 3.13. The van der Waals surface area contributed by atoms with Crippen LogP contribution in [-0.2, 0) is 16.6 Å². The highest BCUT2D eigenvalue weighted by Crippen LogP contribution is 2.56. The summed E-state index contributed by atoms with van der Waals surface area (Å²) in [5.74, 6) is 0.751. The number of carbonyl (C=O) groups excluding carboxylic acids is 1. The molecular formula is C26H28N2O. The Labute approximate surface area is 172 Å². The van der Waals surface area contributed by atoms with Crippen LogP contribution in [0.15, 0.2) is 60.7 Å². The predicted octanol–water partition coefficient (Wildman–Crippen LogP) is 5.75. The second kappa shape index (κ2) is 6.41. The minimum atomic E-state index is -0.284.